The van der Waals surface area contributed by atoms with Gasteiger partial charge in [-0.1, -0.05) is 6.07 Å². The quantitative estimate of drug-likeness (QED) is 0.807. The molecule has 0 bridgehead atoms. The van der Waals surface area contributed by atoms with Gasteiger partial charge in [0.05, 0.1) is 25.2 Å². The minimum absolute atomic E-state index is 0.0244. The Kier molecular flexibility index (Phi) is 2.35. The van der Waals surface area contributed by atoms with E-state index in [1.165, 1.54) is 0 Å². The third-order valence-corrected chi connectivity index (χ3v) is 2.85. The molecule has 15 heavy (non-hydrogen) atoms. The second kappa shape index (κ2) is 3.42. The summed E-state index contributed by atoms with van der Waals surface area (Å²) >= 11 is 0. The lowest BCUT2D eigenvalue weighted by Crippen LogP contribution is -2.30. The summed E-state index contributed by atoms with van der Waals surface area (Å²) in [6.45, 7) is 4.10. The highest BCUT2D eigenvalue weighted by Gasteiger charge is 2.37. The van der Waals surface area contributed by atoms with Gasteiger partial charge in [-0.25, -0.2) is 0 Å². The maximum Gasteiger partial charge on any atom is 0.126 e. The molecular weight excluding hydrogens is 192 g/mol. The molecular formula is C12H16O3. The molecule has 1 aliphatic heterocycles. The van der Waals surface area contributed by atoms with E-state index in [-0.39, 0.29) is 5.92 Å². The van der Waals surface area contributed by atoms with E-state index in [1.54, 1.807) is 21.0 Å². The van der Waals surface area contributed by atoms with Gasteiger partial charge in [0, 0.05) is 5.56 Å². The molecule has 0 aromatic heterocycles. The molecule has 1 aromatic carbocycles. The van der Waals surface area contributed by atoms with E-state index >= 15 is 0 Å². The normalized spacial score (nSPS) is 19.6. The highest BCUT2D eigenvalue weighted by Crippen LogP contribution is 2.44. The summed E-state index contributed by atoms with van der Waals surface area (Å²) in [5.74, 6) is 1.59. The maximum absolute atomic E-state index is 10.0. The Hall–Kier alpha value is -1.22. The number of benzene rings is 1. The zero-order valence-electron chi connectivity index (χ0n) is 9.28. The summed E-state index contributed by atoms with van der Waals surface area (Å²) in [5.41, 5.74) is 0.187. The van der Waals surface area contributed by atoms with Crippen molar-refractivity contribution in [1.82, 2.24) is 0 Å². The molecule has 0 saturated heterocycles. The lowest BCUT2D eigenvalue weighted by molar-refractivity contribution is 0.0416. The first-order valence-corrected chi connectivity index (χ1v) is 5.06. The van der Waals surface area contributed by atoms with Crippen LogP contribution in [0.5, 0.6) is 11.5 Å². The summed E-state index contributed by atoms with van der Waals surface area (Å²) in [6.07, 6.45) is 0. The van der Waals surface area contributed by atoms with Gasteiger partial charge >= 0.3 is 0 Å². The smallest absolute Gasteiger partial charge is 0.126 e. The Morgan fingerprint density at radius 2 is 2.20 bits per heavy atom. The number of fused-ring (bicyclic) bond motifs is 1. The van der Waals surface area contributed by atoms with Crippen molar-refractivity contribution in [1.29, 1.82) is 0 Å². The molecule has 0 amide bonds. The minimum Gasteiger partial charge on any atom is -0.496 e. The fourth-order valence-corrected chi connectivity index (χ4v) is 1.98. The molecule has 0 aliphatic carbocycles. The van der Waals surface area contributed by atoms with Gasteiger partial charge in [0.2, 0.25) is 0 Å². The summed E-state index contributed by atoms with van der Waals surface area (Å²) in [6, 6.07) is 5.69. The van der Waals surface area contributed by atoms with E-state index in [0.29, 0.717) is 6.61 Å². The van der Waals surface area contributed by atoms with Gasteiger partial charge in [0.25, 0.3) is 0 Å². The van der Waals surface area contributed by atoms with Gasteiger partial charge in [0.15, 0.2) is 0 Å². The van der Waals surface area contributed by atoms with Crippen LogP contribution in [-0.2, 0) is 0 Å². The fraction of sp³-hybridized carbons (Fsp3) is 0.500. The van der Waals surface area contributed by atoms with E-state index in [9.17, 15) is 5.11 Å². The molecule has 0 fully saturated rings. The second-order valence-electron chi connectivity index (χ2n) is 4.39. The molecule has 0 radical (unpaired) electrons. The first-order valence-electron chi connectivity index (χ1n) is 5.06. The second-order valence-corrected chi connectivity index (χ2v) is 4.39. The molecule has 1 heterocycles. The summed E-state index contributed by atoms with van der Waals surface area (Å²) < 4.78 is 10.8. The molecule has 1 N–H and O–H groups in total. The number of hydrogen-bond donors (Lipinski definition) is 1. The molecule has 1 aromatic rings. The van der Waals surface area contributed by atoms with Gasteiger partial charge in [-0.05, 0) is 26.0 Å². The van der Waals surface area contributed by atoms with Crippen LogP contribution in [0.1, 0.15) is 25.3 Å². The van der Waals surface area contributed by atoms with Gasteiger partial charge in [-0.15, -0.1) is 0 Å². The van der Waals surface area contributed by atoms with Crippen molar-refractivity contribution >= 4 is 0 Å². The van der Waals surface area contributed by atoms with Crippen molar-refractivity contribution in [3.8, 4) is 11.5 Å². The maximum atomic E-state index is 10.0. The third-order valence-electron chi connectivity index (χ3n) is 2.85. The first-order chi connectivity index (χ1) is 7.04. The van der Waals surface area contributed by atoms with Crippen LogP contribution in [0.15, 0.2) is 18.2 Å². The van der Waals surface area contributed by atoms with Gasteiger partial charge < -0.3 is 14.6 Å². The van der Waals surface area contributed by atoms with Crippen molar-refractivity contribution in [2.75, 3.05) is 13.7 Å². The monoisotopic (exact) mass is 208 g/mol. The number of ether oxygens (including phenoxy) is 2. The van der Waals surface area contributed by atoms with Crippen LogP contribution >= 0.6 is 0 Å². The van der Waals surface area contributed by atoms with Crippen LogP contribution in [0, 0.1) is 0 Å². The van der Waals surface area contributed by atoms with E-state index in [1.807, 2.05) is 18.2 Å². The summed E-state index contributed by atoms with van der Waals surface area (Å²) in [4.78, 5) is 0. The average Bonchev–Trinajstić information content (AvgIpc) is 2.59. The lowest BCUT2D eigenvalue weighted by Gasteiger charge is -2.25. The molecule has 1 unspecified atom stereocenters. The number of rotatable bonds is 2. The van der Waals surface area contributed by atoms with Crippen LogP contribution in [-0.4, -0.2) is 24.4 Å². The van der Waals surface area contributed by atoms with Crippen LogP contribution in [0.4, 0.5) is 0 Å². The van der Waals surface area contributed by atoms with Crippen LogP contribution in [0.2, 0.25) is 0 Å². The van der Waals surface area contributed by atoms with Crippen LogP contribution in [0.3, 0.4) is 0 Å². The van der Waals surface area contributed by atoms with E-state index in [0.717, 1.165) is 17.1 Å². The lowest BCUT2D eigenvalue weighted by atomic mass is 9.86. The van der Waals surface area contributed by atoms with Crippen LogP contribution < -0.4 is 9.47 Å². The Labute approximate surface area is 89.6 Å². The van der Waals surface area contributed by atoms with Gasteiger partial charge in [-0.3, -0.25) is 0 Å². The summed E-state index contributed by atoms with van der Waals surface area (Å²) in [7, 11) is 1.63. The Morgan fingerprint density at radius 3 is 2.80 bits per heavy atom. The van der Waals surface area contributed by atoms with E-state index in [2.05, 4.69) is 0 Å². The highest BCUT2D eigenvalue weighted by atomic mass is 16.5. The predicted octanol–water partition coefficient (Wildman–Crippen LogP) is 1.94. The van der Waals surface area contributed by atoms with Crippen molar-refractivity contribution in [3.05, 3.63) is 23.8 Å². The third kappa shape index (κ3) is 1.67. The number of hydrogen-bond acceptors (Lipinski definition) is 3. The molecule has 3 heteroatoms. The largest absolute Gasteiger partial charge is 0.496 e. The predicted molar refractivity (Wildman–Crippen MR) is 57.5 cm³/mol. The van der Waals surface area contributed by atoms with Crippen molar-refractivity contribution in [2.24, 2.45) is 0 Å². The molecule has 0 saturated carbocycles. The standard InChI is InChI=1S/C12H16O3/c1-12(2,13)8-7-15-10-6-4-5-9(14-3)11(8)10/h4-6,8,13H,7H2,1-3H3. The zero-order chi connectivity index (χ0) is 11.1. The first kappa shape index (κ1) is 10.3. The molecule has 2 rings (SSSR count). The van der Waals surface area contributed by atoms with E-state index < -0.39 is 5.60 Å². The van der Waals surface area contributed by atoms with Crippen molar-refractivity contribution in [3.63, 3.8) is 0 Å². The molecule has 82 valence electrons. The molecule has 1 aliphatic rings. The van der Waals surface area contributed by atoms with Crippen molar-refractivity contribution in [2.45, 2.75) is 25.4 Å². The molecule has 1 atom stereocenters. The molecule has 0 spiro atoms. The Morgan fingerprint density at radius 1 is 1.47 bits per heavy atom. The highest BCUT2D eigenvalue weighted by molar-refractivity contribution is 5.50. The number of aliphatic hydroxyl groups is 1. The van der Waals surface area contributed by atoms with Crippen LogP contribution in [0.25, 0.3) is 0 Å². The number of methoxy groups -OCH3 is 1. The average molecular weight is 208 g/mol. The Bertz CT molecular complexity index is 366. The van der Waals surface area contributed by atoms with E-state index in [4.69, 9.17) is 9.47 Å². The summed E-state index contributed by atoms with van der Waals surface area (Å²) in [5, 5.41) is 10.0. The SMILES string of the molecule is COc1cccc2c1C(C(C)(C)O)CO2. The molecule has 3 nitrogen and oxygen atoms in total. The fourth-order valence-electron chi connectivity index (χ4n) is 1.98. The van der Waals surface area contributed by atoms with Gasteiger partial charge in [-0.2, -0.15) is 0 Å². The zero-order valence-corrected chi connectivity index (χ0v) is 9.28. The Balaban J connectivity index is 2.48. The minimum atomic E-state index is -0.792. The van der Waals surface area contributed by atoms with Gasteiger partial charge in [0.1, 0.15) is 11.5 Å². The topological polar surface area (TPSA) is 38.7 Å². The van der Waals surface area contributed by atoms with Crippen molar-refractivity contribution < 1.29 is 14.6 Å².